The molecule has 0 aromatic rings. The van der Waals surface area contributed by atoms with Gasteiger partial charge in [0, 0.05) is 13.2 Å². The smallest absolute Gasteiger partial charge is 0.403 e. The molecule has 6 heteroatoms. The second-order valence-corrected chi connectivity index (χ2v) is 15.1. The van der Waals surface area contributed by atoms with E-state index in [1.54, 1.807) is 0 Å². The van der Waals surface area contributed by atoms with Crippen LogP contribution in [0.4, 0.5) is 0 Å². The molecule has 4 nitrogen and oxygen atoms in total. The third-order valence-electron chi connectivity index (χ3n) is 6.65. The standard InChI is InChI=1S/C19H40BNO3Si/c1-15(2)17(20-23-18(3,4)19(5,6)24-20)25(8,9)14-21-12-10-11-16(21)13-22-7/h15-17H,10-14H2,1-9H3/t16-,17+/m0/s1. The summed E-state index contributed by atoms with van der Waals surface area (Å²) in [5, 5.41) is 0. The van der Waals surface area contributed by atoms with Crippen LogP contribution in [0.5, 0.6) is 0 Å². The Labute approximate surface area is 157 Å². The van der Waals surface area contributed by atoms with Crippen molar-refractivity contribution in [2.24, 2.45) is 5.92 Å². The van der Waals surface area contributed by atoms with Crippen molar-refractivity contribution in [2.45, 2.75) is 90.2 Å². The maximum Gasteiger partial charge on any atom is 0.458 e. The van der Waals surface area contributed by atoms with Gasteiger partial charge in [0.15, 0.2) is 0 Å². The second kappa shape index (κ2) is 7.63. The lowest BCUT2D eigenvalue weighted by Crippen LogP contribution is -2.54. The van der Waals surface area contributed by atoms with Crippen molar-refractivity contribution >= 4 is 15.2 Å². The Morgan fingerprint density at radius 3 is 2.20 bits per heavy atom. The zero-order valence-corrected chi connectivity index (χ0v) is 19.0. The summed E-state index contributed by atoms with van der Waals surface area (Å²) >= 11 is 0. The molecule has 0 N–H and O–H groups in total. The first-order valence-corrected chi connectivity index (χ1v) is 13.3. The minimum Gasteiger partial charge on any atom is -0.403 e. The summed E-state index contributed by atoms with van der Waals surface area (Å²) in [5.41, 5.74) is -0.0133. The van der Waals surface area contributed by atoms with Gasteiger partial charge in [-0.3, -0.25) is 0 Å². The van der Waals surface area contributed by atoms with Crippen molar-refractivity contribution in [3.05, 3.63) is 0 Å². The molecule has 0 aliphatic carbocycles. The molecule has 0 unspecified atom stereocenters. The van der Waals surface area contributed by atoms with E-state index in [1.807, 2.05) is 7.11 Å². The molecule has 2 saturated heterocycles. The Morgan fingerprint density at radius 1 is 1.16 bits per heavy atom. The molecule has 0 amide bonds. The van der Waals surface area contributed by atoms with Crippen molar-refractivity contribution < 1.29 is 14.0 Å². The van der Waals surface area contributed by atoms with Crippen molar-refractivity contribution in [3.63, 3.8) is 0 Å². The number of nitrogens with zero attached hydrogens (tertiary/aromatic N) is 1. The Morgan fingerprint density at radius 2 is 1.72 bits per heavy atom. The van der Waals surface area contributed by atoms with Gasteiger partial charge in [-0.2, -0.15) is 0 Å². The summed E-state index contributed by atoms with van der Waals surface area (Å²) in [6, 6.07) is 0.586. The average molecular weight is 369 g/mol. The first kappa shape index (κ1) is 21.4. The summed E-state index contributed by atoms with van der Waals surface area (Å²) in [6.45, 7) is 20.4. The summed E-state index contributed by atoms with van der Waals surface area (Å²) in [6.07, 6.45) is 3.76. The normalized spacial score (nSPS) is 28.1. The quantitative estimate of drug-likeness (QED) is 0.635. The van der Waals surface area contributed by atoms with Crippen LogP contribution in [0.1, 0.15) is 54.4 Å². The van der Waals surface area contributed by atoms with E-state index in [9.17, 15) is 0 Å². The number of hydrogen-bond donors (Lipinski definition) is 0. The predicted molar refractivity (Wildman–Crippen MR) is 109 cm³/mol. The molecule has 25 heavy (non-hydrogen) atoms. The van der Waals surface area contributed by atoms with Gasteiger partial charge in [-0.15, -0.1) is 0 Å². The largest absolute Gasteiger partial charge is 0.458 e. The van der Waals surface area contributed by atoms with Gasteiger partial charge in [-0.25, -0.2) is 0 Å². The van der Waals surface area contributed by atoms with Crippen LogP contribution in [0, 0.1) is 5.92 Å². The van der Waals surface area contributed by atoms with Crippen LogP contribution in [0.3, 0.4) is 0 Å². The van der Waals surface area contributed by atoms with Crippen molar-refractivity contribution in [3.8, 4) is 0 Å². The van der Waals surface area contributed by atoms with Crippen LogP contribution in [-0.4, -0.2) is 63.8 Å². The molecule has 0 aromatic heterocycles. The van der Waals surface area contributed by atoms with Crippen LogP contribution < -0.4 is 0 Å². The molecule has 0 radical (unpaired) electrons. The Balaban J connectivity index is 2.16. The third kappa shape index (κ3) is 4.52. The molecule has 0 saturated carbocycles. The van der Waals surface area contributed by atoms with Gasteiger partial charge >= 0.3 is 7.12 Å². The van der Waals surface area contributed by atoms with Gasteiger partial charge in [0.2, 0.25) is 0 Å². The highest BCUT2D eigenvalue weighted by Crippen LogP contribution is 2.45. The first-order chi connectivity index (χ1) is 11.4. The number of rotatable bonds is 7. The molecular weight excluding hydrogens is 329 g/mol. The third-order valence-corrected chi connectivity index (χ3v) is 10.6. The fourth-order valence-corrected chi connectivity index (χ4v) is 9.09. The summed E-state index contributed by atoms with van der Waals surface area (Å²) in [5.74, 6) is 0.555. The molecule has 0 aromatic carbocycles. The summed E-state index contributed by atoms with van der Waals surface area (Å²) in [7, 11) is 0.131. The summed E-state index contributed by atoms with van der Waals surface area (Å²) < 4.78 is 18.4. The summed E-state index contributed by atoms with van der Waals surface area (Å²) in [4.78, 5) is 2.68. The van der Waals surface area contributed by atoms with E-state index in [2.05, 4.69) is 59.5 Å². The lowest BCUT2D eigenvalue weighted by molar-refractivity contribution is 0.00578. The maximum absolute atomic E-state index is 6.48. The van der Waals surface area contributed by atoms with Crippen molar-refractivity contribution in [1.29, 1.82) is 0 Å². The SMILES string of the molecule is COC[C@@H]1CCCN1C[Si](C)(C)[C@@H](B1OC(C)(C)C(C)(C)O1)C(C)C. The van der Waals surface area contributed by atoms with E-state index in [1.165, 1.54) is 25.6 Å². The number of methoxy groups -OCH3 is 1. The van der Waals surface area contributed by atoms with Crippen LogP contribution >= 0.6 is 0 Å². The highest BCUT2D eigenvalue weighted by molar-refractivity contribution is 6.88. The zero-order chi connectivity index (χ0) is 19.0. The van der Waals surface area contributed by atoms with Gasteiger partial charge in [0.05, 0.1) is 25.9 Å². The number of ether oxygens (including phenoxy) is 1. The molecule has 2 aliphatic rings. The van der Waals surface area contributed by atoms with Crippen LogP contribution in [0.25, 0.3) is 0 Å². The van der Waals surface area contributed by atoms with E-state index in [0.717, 1.165) is 6.61 Å². The van der Waals surface area contributed by atoms with Gasteiger partial charge in [-0.05, 0) is 64.6 Å². The van der Waals surface area contributed by atoms with Crippen LogP contribution in [0.15, 0.2) is 0 Å². The van der Waals surface area contributed by atoms with Crippen LogP contribution in [-0.2, 0) is 14.0 Å². The first-order valence-electron chi connectivity index (χ1n) is 10.00. The van der Waals surface area contributed by atoms with E-state index >= 15 is 0 Å². The maximum atomic E-state index is 6.48. The average Bonchev–Trinajstić information content (AvgIpc) is 2.91. The minimum atomic E-state index is -1.60. The molecule has 2 rings (SSSR count). The molecule has 0 bridgehead atoms. The number of likely N-dealkylation sites (tertiary alicyclic amines) is 1. The highest BCUT2D eigenvalue weighted by atomic mass is 28.3. The zero-order valence-electron chi connectivity index (χ0n) is 18.0. The Hall–Kier alpha value is 0.122. The molecule has 2 atom stereocenters. The lowest BCUT2D eigenvalue weighted by Gasteiger charge is -2.40. The Kier molecular flexibility index (Phi) is 6.53. The Bertz CT molecular complexity index is 440. The second-order valence-electron chi connectivity index (χ2n) is 10.1. The highest BCUT2D eigenvalue weighted by Gasteiger charge is 2.57. The fraction of sp³-hybridized carbons (Fsp3) is 1.00. The lowest BCUT2D eigenvalue weighted by atomic mass is 9.77. The fourth-order valence-electron chi connectivity index (χ4n) is 4.73. The van der Waals surface area contributed by atoms with Gasteiger partial charge in [-0.1, -0.05) is 26.9 Å². The molecule has 2 heterocycles. The molecule has 2 fully saturated rings. The van der Waals surface area contributed by atoms with Gasteiger partial charge < -0.3 is 18.9 Å². The van der Waals surface area contributed by atoms with Crippen molar-refractivity contribution in [1.82, 2.24) is 4.90 Å². The molecule has 146 valence electrons. The van der Waals surface area contributed by atoms with Crippen LogP contribution in [0.2, 0.25) is 18.5 Å². The monoisotopic (exact) mass is 369 g/mol. The van der Waals surface area contributed by atoms with Crippen molar-refractivity contribution in [2.75, 3.05) is 26.4 Å². The molecule has 2 aliphatic heterocycles. The minimum absolute atomic E-state index is 0.0878. The molecule has 0 spiro atoms. The van der Waals surface area contributed by atoms with E-state index in [4.69, 9.17) is 14.0 Å². The topological polar surface area (TPSA) is 30.9 Å². The van der Waals surface area contributed by atoms with Gasteiger partial charge in [0.1, 0.15) is 0 Å². The van der Waals surface area contributed by atoms with E-state index in [0.29, 0.717) is 17.4 Å². The van der Waals surface area contributed by atoms with Gasteiger partial charge in [0.25, 0.3) is 0 Å². The number of hydrogen-bond acceptors (Lipinski definition) is 4. The predicted octanol–water partition coefficient (Wildman–Crippen LogP) is 4.00. The molecular formula is C19H40BNO3Si. The van der Waals surface area contributed by atoms with E-state index < -0.39 is 8.07 Å². The van der Waals surface area contributed by atoms with E-state index in [-0.39, 0.29) is 18.3 Å².